The van der Waals surface area contributed by atoms with Gasteiger partial charge >= 0.3 is 0 Å². The van der Waals surface area contributed by atoms with E-state index in [1.807, 2.05) is 22.4 Å². The molecule has 3 aromatic rings. The lowest BCUT2D eigenvalue weighted by Gasteiger charge is -2.19. The van der Waals surface area contributed by atoms with Gasteiger partial charge < -0.3 is 19.2 Å². The SMILES string of the molecule is CCCN(CC(=O)Nc1cc(OC)cc(OC)c1)Cc1nnc(-c2cccs2)o1. The summed E-state index contributed by atoms with van der Waals surface area (Å²) in [6, 6.07) is 9.11. The molecule has 9 heteroatoms. The Balaban J connectivity index is 1.63. The van der Waals surface area contributed by atoms with Crippen LogP contribution in [0.15, 0.2) is 40.1 Å². The third-order valence-corrected chi connectivity index (χ3v) is 4.96. The Kier molecular flexibility index (Phi) is 7.20. The summed E-state index contributed by atoms with van der Waals surface area (Å²) in [6.45, 7) is 3.39. The maximum absolute atomic E-state index is 12.6. The minimum absolute atomic E-state index is 0.147. The number of amides is 1. The number of nitrogens with one attached hydrogen (secondary N) is 1. The molecule has 0 spiro atoms. The minimum Gasteiger partial charge on any atom is -0.497 e. The van der Waals surface area contributed by atoms with Gasteiger partial charge in [-0.1, -0.05) is 13.0 Å². The number of nitrogens with zero attached hydrogens (tertiary/aromatic N) is 3. The van der Waals surface area contributed by atoms with Crippen LogP contribution in [0.5, 0.6) is 11.5 Å². The van der Waals surface area contributed by atoms with Crippen LogP contribution in [0.1, 0.15) is 19.2 Å². The maximum Gasteiger partial charge on any atom is 0.257 e. The predicted octanol–water partition coefficient (Wildman–Crippen LogP) is 3.67. The molecule has 0 fully saturated rings. The lowest BCUT2D eigenvalue weighted by Crippen LogP contribution is -2.33. The molecule has 0 atom stereocenters. The maximum atomic E-state index is 12.6. The van der Waals surface area contributed by atoms with Gasteiger partial charge in [-0.05, 0) is 24.4 Å². The number of rotatable bonds is 10. The summed E-state index contributed by atoms with van der Waals surface area (Å²) in [4.78, 5) is 15.5. The van der Waals surface area contributed by atoms with Crippen molar-refractivity contribution in [2.45, 2.75) is 19.9 Å². The average molecular weight is 417 g/mol. The summed E-state index contributed by atoms with van der Waals surface area (Å²) >= 11 is 1.54. The van der Waals surface area contributed by atoms with E-state index < -0.39 is 0 Å². The van der Waals surface area contributed by atoms with Gasteiger partial charge in [0.15, 0.2) is 0 Å². The van der Waals surface area contributed by atoms with Crippen molar-refractivity contribution in [3.05, 3.63) is 41.6 Å². The topological polar surface area (TPSA) is 89.7 Å². The third-order valence-electron chi connectivity index (χ3n) is 4.10. The molecule has 154 valence electrons. The molecule has 0 radical (unpaired) electrons. The summed E-state index contributed by atoms with van der Waals surface area (Å²) in [5, 5.41) is 13.1. The molecule has 8 nitrogen and oxygen atoms in total. The number of carbonyl (C=O) groups is 1. The number of anilines is 1. The molecule has 1 aromatic carbocycles. The minimum atomic E-state index is -0.147. The van der Waals surface area contributed by atoms with Gasteiger partial charge in [0.05, 0.1) is 32.2 Å². The normalized spacial score (nSPS) is 10.9. The Hall–Kier alpha value is -2.91. The highest BCUT2D eigenvalue weighted by molar-refractivity contribution is 7.13. The van der Waals surface area contributed by atoms with Crippen LogP contribution >= 0.6 is 11.3 Å². The Labute approximate surface area is 173 Å². The quantitative estimate of drug-likeness (QED) is 0.539. The predicted molar refractivity (Wildman–Crippen MR) is 111 cm³/mol. The van der Waals surface area contributed by atoms with E-state index in [4.69, 9.17) is 13.9 Å². The summed E-state index contributed by atoms with van der Waals surface area (Å²) in [5.74, 6) is 2.05. The van der Waals surface area contributed by atoms with Crippen molar-refractivity contribution in [1.29, 1.82) is 0 Å². The molecule has 0 aliphatic carbocycles. The van der Waals surface area contributed by atoms with Gasteiger partial charge in [-0.3, -0.25) is 9.69 Å². The van der Waals surface area contributed by atoms with Gasteiger partial charge in [-0.2, -0.15) is 0 Å². The largest absolute Gasteiger partial charge is 0.497 e. The Morgan fingerprint density at radius 1 is 1.21 bits per heavy atom. The van der Waals surface area contributed by atoms with Crippen LogP contribution in [0, 0.1) is 0 Å². The van der Waals surface area contributed by atoms with Crippen molar-refractivity contribution in [3.63, 3.8) is 0 Å². The number of hydrogen-bond acceptors (Lipinski definition) is 8. The number of aromatic nitrogens is 2. The van der Waals surface area contributed by atoms with Crippen molar-refractivity contribution >= 4 is 22.9 Å². The van der Waals surface area contributed by atoms with Gasteiger partial charge in [0, 0.05) is 23.9 Å². The van der Waals surface area contributed by atoms with E-state index in [1.54, 1.807) is 43.8 Å². The lowest BCUT2D eigenvalue weighted by atomic mass is 10.2. The Bertz CT molecular complexity index is 904. The molecule has 2 heterocycles. The fraction of sp³-hybridized carbons (Fsp3) is 0.350. The van der Waals surface area contributed by atoms with Crippen LogP contribution in [-0.4, -0.2) is 48.3 Å². The highest BCUT2D eigenvalue weighted by atomic mass is 32.1. The van der Waals surface area contributed by atoms with E-state index >= 15 is 0 Å². The van der Waals surface area contributed by atoms with Gasteiger partial charge in [-0.25, -0.2) is 0 Å². The first-order valence-electron chi connectivity index (χ1n) is 9.22. The van der Waals surface area contributed by atoms with Crippen molar-refractivity contribution < 1.29 is 18.7 Å². The lowest BCUT2D eigenvalue weighted by molar-refractivity contribution is -0.117. The van der Waals surface area contributed by atoms with E-state index in [-0.39, 0.29) is 12.5 Å². The molecule has 0 bridgehead atoms. The highest BCUT2D eigenvalue weighted by Gasteiger charge is 2.16. The monoisotopic (exact) mass is 416 g/mol. The van der Waals surface area contributed by atoms with Crippen LogP contribution in [0.2, 0.25) is 0 Å². The van der Waals surface area contributed by atoms with Crippen molar-refractivity contribution in [1.82, 2.24) is 15.1 Å². The van der Waals surface area contributed by atoms with Gasteiger partial charge in [0.1, 0.15) is 11.5 Å². The number of ether oxygens (including phenoxy) is 2. The molecule has 29 heavy (non-hydrogen) atoms. The summed E-state index contributed by atoms with van der Waals surface area (Å²) in [6.07, 6.45) is 0.895. The van der Waals surface area contributed by atoms with Crippen molar-refractivity contribution in [2.75, 3.05) is 32.6 Å². The second kappa shape index (κ2) is 10.0. The molecule has 1 amide bonds. The van der Waals surface area contributed by atoms with Gasteiger partial charge in [0.25, 0.3) is 5.89 Å². The molecular formula is C20H24N4O4S. The molecule has 0 saturated heterocycles. The van der Waals surface area contributed by atoms with Crippen LogP contribution in [0.25, 0.3) is 10.8 Å². The molecule has 2 aromatic heterocycles. The van der Waals surface area contributed by atoms with E-state index in [0.717, 1.165) is 17.8 Å². The molecule has 0 aliphatic rings. The summed E-state index contributed by atoms with van der Waals surface area (Å²) in [7, 11) is 3.14. The number of benzene rings is 1. The fourth-order valence-corrected chi connectivity index (χ4v) is 3.47. The number of thiophene rings is 1. The first-order valence-corrected chi connectivity index (χ1v) is 10.1. The van der Waals surface area contributed by atoms with E-state index in [2.05, 4.69) is 22.4 Å². The van der Waals surface area contributed by atoms with Crippen LogP contribution in [0.3, 0.4) is 0 Å². The van der Waals surface area contributed by atoms with Gasteiger partial charge in [-0.15, -0.1) is 21.5 Å². The molecule has 3 rings (SSSR count). The number of carbonyl (C=O) groups excluding carboxylic acids is 1. The van der Waals surface area contributed by atoms with Crippen molar-refractivity contribution in [2.24, 2.45) is 0 Å². The Morgan fingerprint density at radius 3 is 2.59 bits per heavy atom. The zero-order valence-corrected chi connectivity index (χ0v) is 17.5. The Morgan fingerprint density at radius 2 is 1.97 bits per heavy atom. The van der Waals surface area contributed by atoms with E-state index in [9.17, 15) is 4.79 Å². The summed E-state index contributed by atoms with van der Waals surface area (Å²) < 4.78 is 16.2. The average Bonchev–Trinajstić information content (AvgIpc) is 3.39. The highest BCUT2D eigenvalue weighted by Crippen LogP contribution is 2.26. The second-order valence-corrected chi connectivity index (χ2v) is 7.29. The fourth-order valence-electron chi connectivity index (χ4n) is 2.82. The van der Waals surface area contributed by atoms with Gasteiger partial charge in [0.2, 0.25) is 11.8 Å². The van der Waals surface area contributed by atoms with Crippen molar-refractivity contribution in [3.8, 4) is 22.3 Å². The van der Waals surface area contributed by atoms with E-state index in [1.165, 1.54) is 0 Å². The smallest absolute Gasteiger partial charge is 0.257 e. The number of hydrogen-bond donors (Lipinski definition) is 1. The number of methoxy groups -OCH3 is 2. The zero-order valence-electron chi connectivity index (χ0n) is 16.7. The first-order chi connectivity index (χ1) is 14.1. The third kappa shape index (κ3) is 5.78. The molecular weight excluding hydrogens is 392 g/mol. The molecule has 0 saturated carbocycles. The van der Waals surface area contributed by atoms with E-state index in [0.29, 0.717) is 35.5 Å². The zero-order chi connectivity index (χ0) is 20.6. The van der Waals surface area contributed by atoms with Crippen LogP contribution in [0.4, 0.5) is 5.69 Å². The van der Waals surface area contributed by atoms with Crippen LogP contribution < -0.4 is 14.8 Å². The first kappa shape index (κ1) is 20.8. The standard InChI is InChI=1S/C20H24N4O4S/c1-4-7-24(13-19-22-23-20(28-19)17-6-5-8-29-17)12-18(25)21-14-9-15(26-2)11-16(10-14)27-3/h5-6,8-11H,4,7,12-13H2,1-3H3,(H,21,25). The summed E-state index contributed by atoms with van der Waals surface area (Å²) in [5.41, 5.74) is 0.612. The molecule has 0 unspecified atom stereocenters. The second-order valence-electron chi connectivity index (χ2n) is 6.34. The molecule has 1 N–H and O–H groups in total. The molecule has 0 aliphatic heterocycles. The van der Waals surface area contributed by atoms with Crippen LogP contribution in [-0.2, 0) is 11.3 Å².